The average Bonchev–Trinajstić information content (AvgIpc) is 3.26. The van der Waals surface area contributed by atoms with E-state index < -0.39 is 12.1 Å². The molecule has 1 atom stereocenters. The van der Waals surface area contributed by atoms with Crippen LogP contribution in [0.2, 0.25) is 0 Å². The Balaban J connectivity index is 4.54. The van der Waals surface area contributed by atoms with Gasteiger partial charge < -0.3 is 14.2 Å². The molecule has 0 rings (SSSR count). The summed E-state index contributed by atoms with van der Waals surface area (Å²) in [7, 11) is 0. The van der Waals surface area contributed by atoms with Crippen LogP contribution in [-0.2, 0) is 28.6 Å². The van der Waals surface area contributed by atoms with E-state index in [0.717, 1.165) is 64.2 Å². The fourth-order valence-corrected chi connectivity index (χ4v) is 5.83. The molecule has 340 valence electrons. The molecule has 0 aromatic heterocycles. The number of hydrogen-bond donors (Lipinski definition) is 0. The number of allylic oxidation sites excluding steroid dienone is 21. The minimum absolute atomic E-state index is 0.119. The molecule has 0 aliphatic heterocycles. The number of carbonyl (C=O) groups is 3. The van der Waals surface area contributed by atoms with Crippen molar-refractivity contribution in [3.8, 4) is 0 Å². The highest BCUT2D eigenvalue weighted by atomic mass is 16.6. The van der Waals surface area contributed by atoms with Gasteiger partial charge in [-0.25, -0.2) is 0 Å². The zero-order valence-electron chi connectivity index (χ0n) is 38.6. The lowest BCUT2D eigenvalue weighted by Gasteiger charge is -2.18. The highest BCUT2D eigenvalue weighted by molar-refractivity contribution is 5.72. The lowest BCUT2D eigenvalue weighted by Crippen LogP contribution is -2.30. The van der Waals surface area contributed by atoms with Crippen LogP contribution in [0.15, 0.2) is 134 Å². The predicted octanol–water partition coefficient (Wildman–Crippen LogP) is 15.5. The number of carbonyl (C=O) groups excluding carboxylic acids is 3. The van der Waals surface area contributed by atoms with Gasteiger partial charge in [-0.2, -0.15) is 0 Å². The summed E-state index contributed by atoms with van der Waals surface area (Å²) < 4.78 is 16.6. The lowest BCUT2D eigenvalue weighted by molar-refractivity contribution is -0.166. The first-order valence-electron chi connectivity index (χ1n) is 23.8. The quantitative estimate of drug-likeness (QED) is 0.0201. The Morgan fingerprint density at radius 3 is 1.34 bits per heavy atom. The molecule has 0 aliphatic carbocycles. The van der Waals surface area contributed by atoms with E-state index in [1.165, 1.54) is 64.2 Å². The fraction of sp³-hybridized carbons (Fsp3) is 0.545. The highest BCUT2D eigenvalue weighted by Crippen LogP contribution is 2.12. The SMILES string of the molecule is CC\C=C/C=C\C=C/C=C\C=C\C=C/C=C\CCCCCC(=O)OCC(COC(=O)C/C=C\C/C=C\C/C=C\CC)OC(=O)CCCCCCCCC/C=C\CCCCCC. The van der Waals surface area contributed by atoms with Crippen LogP contribution in [0, 0.1) is 0 Å². The molecule has 1 unspecified atom stereocenters. The summed E-state index contributed by atoms with van der Waals surface area (Å²) in [5.74, 6) is -1.12. The first-order valence-corrected chi connectivity index (χ1v) is 23.8. The molecule has 6 heteroatoms. The molecule has 0 saturated heterocycles. The number of esters is 3. The molecular weight excluding hydrogens is 757 g/mol. The molecule has 0 amide bonds. The summed E-state index contributed by atoms with van der Waals surface area (Å²) in [5.41, 5.74) is 0. The Morgan fingerprint density at radius 2 is 0.787 bits per heavy atom. The van der Waals surface area contributed by atoms with Gasteiger partial charge in [-0.15, -0.1) is 0 Å². The molecule has 0 heterocycles. The summed E-state index contributed by atoms with van der Waals surface area (Å²) in [5, 5.41) is 0. The van der Waals surface area contributed by atoms with E-state index in [1.54, 1.807) is 6.08 Å². The van der Waals surface area contributed by atoms with E-state index in [2.05, 4.69) is 69.4 Å². The molecule has 0 fully saturated rings. The van der Waals surface area contributed by atoms with Gasteiger partial charge in [0.2, 0.25) is 0 Å². The fourth-order valence-electron chi connectivity index (χ4n) is 5.83. The first kappa shape index (κ1) is 56.5. The molecule has 0 aromatic carbocycles. The van der Waals surface area contributed by atoms with E-state index in [9.17, 15) is 14.4 Å². The highest BCUT2D eigenvalue weighted by Gasteiger charge is 2.19. The third-order valence-corrected chi connectivity index (χ3v) is 9.35. The van der Waals surface area contributed by atoms with E-state index in [4.69, 9.17) is 14.2 Å². The van der Waals surface area contributed by atoms with Crippen molar-refractivity contribution in [3.05, 3.63) is 134 Å². The van der Waals surface area contributed by atoms with E-state index >= 15 is 0 Å². The molecule has 0 aromatic rings. The van der Waals surface area contributed by atoms with Crippen molar-refractivity contribution in [2.75, 3.05) is 13.2 Å². The van der Waals surface area contributed by atoms with Crippen LogP contribution < -0.4 is 0 Å². The Morgan fingerprint density at radius 1 is 0.377 bits per heavy atom. The summed E-state index contributed by atoms with van der Waals surface area (Å²) in [6.45, 7) is 6.19. The maximum absolute atomic E-state index is 12.7. The topological polar surface area (TPSA) is 78.9 Å². The normalized spacial score (nSPS) is 13.3. The standard InChI is InChI=1S/C55H84O6/c1-4-7-10-13-16-19-21-23-25-26-27-28-30-31-33-36-39-42-45-48-54(57)60-51-52(50-59-53(56)47-44-41-38-35-18-15-12-9-6-3)61-55(58)49-46-43-40-37-34-32-29-24-22-20-17-14-11-8-5-2/h7,9-10,12-13,16,18-23,25-28,30-31,33,35,41,44,52H,4-6,8,11,14-15,17,24,29,32,34,36-40,42-43,45-51H2,1-3H3/b10-7-,12-9-,16-13-,21-19-,22-20-,25-23-,27-26+,30-28-,33-31-,35-18-,44-41-. The van der Waals surface area contributed by atoms with Crippen LogP contribution in [0.1, 0.15) is 175 Å². The van der Waals surface area contributed by atoms with Crippen LogP contribution in [0.25, 0.3) is 0 Å². The zero-order chi connectivity index (χ0) is 44.4. The first-order chi connectivity index (χ1) is 30.0. The van der Waals surface area contributed by atoms with Crippen molar-refractivity contribution in [1.29, 1.82) is 0 Å². The molecule has 6 nitrogen and oxygen atoms in total. The zero-order valence-corrected chi connectivity index (χ0v) is 38.6. The number of unbranched alkanes of at least 4 members (excludes halogenated alkanes) is 14. The Bertz CT molecular complexity index is 1380. The Labute approximate surface area is 373 Å². The molecular formula is C55H84O6. The van der Waals surface area contributed by atoms with Gasteiger partial charge in [0.15, 0.2) is 6.10 Å². The maximum atomic E-state index is 12.7. The summed E-state index contributed by atoms with van der Waals surface area (Å²) in [6.07, 6.45) is 67.5. The molecule has 0 N–H and O–H groups in total. The van der Waals surface area contributed by atoms with Gasteiger partial charge in [-0.3, -0.25) is 14.4 Å². The van der Waals surface area contributed by atoms with Crippen molar-refractivity contribution < 1.29 is 28.6 Å². The van der Waals surface area contributed by atoms with Gasteiger partial charge in [-0.05, 0) is 77.0 Å². The van der Waals surface area contributed by atoms with Crippen molar-refractivity contribution in [1.82, 2.24) is 0 Å². The maximum Gasteiger partial charge on any atom is 0.309 e. The molecule has 0 saturated carbocycles. The van der Waals surface area contributed by atoms with Crippen LogP contribution in [0.5, 0.6) is 0 Å². The largest absolute Gasteiger partial charge is 0.462 e. The summed E-state index contributed by atoms with van der Waals surface area (Å²) in [4.78, 5) is 37.7. The second-order valence-corrected chi connectivity index (χ2v) is 15.1. The molecule has 0 aliphatic rings. The van der Waals surface area contributed by atoms with Gasteiger partial charge >= 0.3 is 17.9 Å². The van der Waals surface area contributed by atoms with Crippen molar-refractivity contribution >= 4 is 17.9 Å². The van der Waals surface area contributed by atoms with E-state index in [-0.39, 0.29) is 44.4 Å². The van der Waals surface area contributed by atoms with Crippen molar-refractivity contribution in [3.63, 3.8) is 0 Å². The second kappa shape index (κ2) is 48.2. The third kappa shape index (κ3) is 46.5. The molecule has 0 spiro atoms. The summed E-state index contributed by atoms with van der Waals surface area (Å²) in [6, 6.07) is 0. The van der Waals surface area contributed by atoms with Crippen molar-refractivity contribution in [2.45, 2.75) is 181 Å². The van der Waals surface area contributed by atoms with Gasteiger partial charge in [-0.1, -0.05) is 212 Å². The van der Waals surface area contributed by atoms with Gasteiger partial charge in [0.25, 0.3) is 0 Å². The number of rotatable bonds is 40. The minimum atomic E-state index is -0.838. The second-order valence-electron chi connectivity index (χ2n) is 15.1. The van der Waals surface area contributed by atoms with E-state index in [0.29, 0.717) is 6.42 Å². The van der Waals surface area contributed by atoms with Crippen LogP contribution in [-0.4, -0.2) is 37.2 Å². The molecule has 61 heavy (non-hydrogen) atoms. The van der Waals surface area contributed by atoms with E-state index in [1.807, 2.05) is 79.0 Å². The Hall–Kier alpha value is -4.45. The van der Waals surface area contributed by atoms with Crippen LogP contribution >= 0.6 is 0 Å². The number of ether oxygens (including phenoxy) is 3. The van der Waals surface area contributed by atoms with Crippen molar-refractivity contribution in [2.24, 2.45) is 0 Å². The van der Waals surface area contributed by atoms with Crippen LogP contribution in [0.4, 0.5) is 0 Å². The average molecular weight is 841 g/mol. The van der Waals surface area contributed by atoms with Crippen LogP contribution in [0.3, 0.4) is 0 Å². The third-order valence-electron chi connectivity index (χ3n) is 9.35. The number of hydrogen-bond acceptors (Lipinski definition) is 6. The van der Waals surface area contributed by atoms with Gasteiger partial charge in [0.05, 0.1) is 6.42 Å². The van der Waals surface area contributed by atoms with Gasteiger partial charge in [0, 0.05) is 12.8 Å². The predicted molar refractivity (Wildman–Crippen MR) is 260 cm³/mol. The van der Waals surface area contributed by atoms with Gasteiger partial charge in [0.1, 0.15) is 13.2 Å². The minimum Gasteiger partial charge on any atom is -0.462 e. The lowest BCUT2D eigenvalue weighted by atomic mass is 10.1. The molecule has 0 bridgehead atoms. The smallest absolute Gasteiger partial charge is 0.309 e. The summed E-state index contributed by atoms with van der Waals surface area (Å²) >= 11 is 0. The monoisotopic (exact) mass is 841 g/mol. The Kier molecular flexibility index (Phi) is 44.7. The molecule has 0 radical (unpaired) electrons.